The summed E-state index contributed by atoms with van der Waals surface area (Å²) >= 11 is 1.79. The fourth-order valence-electron chi connectivity index (χ4n) is 6.87. The van der Waals surface area contributed by atoms with Gasteiger partial charge in [0.25, 0.3) is 0 Å². The van der Waals surface area contributed by atoms with Gasteiger partial charge in [0.1, 0.15) is 5.82 Å². The van der Waals surface area contributed by atoms with E-state index in [4.69, 9.17) is 9.10 Å². The van der Waals surface area contributed by atoms with Gasteiger partial charge in [0.05, 0.1) is 16.7 Å². The van der Waals surface area contributed by atoms with Gasteiger partial charge in [-0.15, -0.1) is 11.3 Å². The first-order chi connectivity index (χ1) is 24.1. The summed E-state index contributed by atoms with van der Waals surface area (Å²) in [6, 6.07) is 44.3. The molecule has 230 valence electrons. The van der Waals surface area contributed by atoms with Gasteiger partial charge in [-0.05, 0) is 88.5 Å². The number of rotatable bonds is 6. The molecule has 3 heteroatoms. The van der Waals surface area contributed by atoms with E-state index in [1.165, 1.54) is 48.1 Å². The number of aromatic nitrogens is 2. The second kappa shape index (κ2) is 11.7. The molecule has 0 bridgehead atoms. The second-order valence-corrected chi connectivity index (χ2v) is 14.1. The van der Waals surface area contributed by atoms with Crippen molar-refractivity contribution in [1.29, 1.82) is 0 Å². The molecule has 0 aliphatic rings. The van der Waals surface area contributed by atoms with Gasteiger partial charge in [0.15, 0.2) is 0 Å². The molecule has 0 aliphatic heterocycles. The van der Waals surface area contributed by atoms with E-state index < -0.39 is 6.85 Å². The first-order valence-electron chi connectivity index (χ1n) is 17.9. The number of nitrogens with zero attached hydrogens (tertiary/aromatic N) is 2. The normalized spacial score (nSPS) is 13.1. The van der Waals surface area contributed by atoms with E-state index >= 15 is 0 Å². The minimum atomic E-state index is -2.11. The van der Waals surface area contributed by atoms with Crippen molar-refractivity contribution in [3.8, 4) is 39.3 Å². The van der Waals surface area contributed by atoms with Crippen molar-refractivity contribution in [2.24, 2.45) is 0 Å². The Morgan fingerprint density at radius 2 is 1.30 bits per heavy atom. The van der Waals surface area contributed by atoms with Crippen molar-refractivity contribution in [2.75, 3.05) is 0 Å². The zero-order valence-electron chi connectivity index (χ0n) is 30.1. The highest BCUT2D eigenvalue weighted by Gasteiger charge is 2.25. The Morgan fingerprint density at radius 1 is 0.617 bits per heavy atom. The van der Waals surface area contributed by atoms with Crippen molar-refractivity contribution in [3.05, 3.63) is 144 Å². The first-order valence-corrected chi connectivity index (χ1v) is 17.2. The Kier molecular flexibility index (Phi) is 6.48. The van der Waals surface area contributed by atoms with Gasteiger partial charge in [-0.1, -0.05) is 124 Å². The number of aryl methyl sites for hydroxylation is 1. The van der Waals surface area contributed by atoms with Crippen molar-refractivity contribution >= 4 is 42.5 Å². The zero-order valence-corrected chi connectivity index (χ0v) is 27.9. The SMILES string of the molecule is [2H]C([2H])([2H])c1ccc(-c2ccc3c(c2)sc2c(-c4nc5ccccc5n4-c4c(C(C)C)cc(-c5ccccc5)cc4C(C)C)cccc23)cc1. The highest BCUT2D eigenvalue weighted by Crippen LogP contribution is 2.44. The lowest BCUT2D eigenvalue weighted by Gasteiger charge is -2.24. The van der Waals surface area contributed by atoms with E-state index in [1.54, 1.807) is 23.5 Å². The molecule has 0 amide bonds. The van der Waals surface area contributed by atoms with E-state index in [2.05, 4.69) is 135 Å². The van der Waals surface area contributed by atoms with Crippen molar-refractivity contribution in [1.82, 2.24) is 9.55 Å². The topological polar surface area (TPSA) is 17.8 Å². The molecular weight excluding hydrogens is 589 g/mol. The molecule has 47 heavy (non-hydrogen) atoms. The van der Waals surface area contributed by atoms with Crippen molar-refractivity contribution in [2.45, 2.75) is 46.4 Å². The van der Waals surface area contributed by atoms with Gasteiger partial charge in [-0.3, -0.25) is 4.57 Å². The minimum Gasteiger partial charge on any atom is -0.292 e. The molecule has 0 saturated heterocycles. The molecule has 0 fully saturated rings. The van der Waals surface area contributed by atoms with Crippen LogP contribution >= 0.6 is 11.3 Å². The van der Waals surface area contributed by atoms with Crippen LogP contribution < -0.4 is 0 Å². The maximum Gasteiger partial charge on any atom is 0.147 e. The van der Waals surface area contributed by atoms with Crippen LogP contribution in [0.25, 0.3) is 70.5 Å². The summed E-state index contributed by atoms with van der Waals surface area (Å²) < 4.78 is 28.1. The number of imidazole rings is 1. The fraction of sp³-hybridized carbons (Fsp3) is 0.159. The molecule has 0 spiro atoms. The highest BCUT2D eigenvalue weighted by atomic mass is 32.1. The lowest BCUT2D eigenvalue weighted by molar-refractivity contribution is 0.812. The average Bonchev–Trinajstić information content (AvgIpc) is 3.69. The lowest BCUT2D eigenvalue weighted by Crippen LogP contribution is -2.09. The molecule has 0 saturated carbocycles. The van der Waals surface area contributed by atoms with Gasteiger partial charge in [0.2, 0.25) is 0 Å². The summed E-state index contributed by atoms with van der Waals surface area (Å²) in [5, 5.41) is 2.41. The van der Waals surface area contributed by atoms with Crippen molar-refractivity contribution in [3.63, 3.8) is 0 Å². The maximum absolute atomic E-state index is 7.75. The van der Waals surface area contributed by atoms with Crippen LogP contribution in [0.2, 0.25) is 0 Å². The molecule has 8 aromatic rings. The van der Waals surface area contributed by atoms with E-state index in [9.17, 15) is 0 Å². The van der Waals surface area contributed by atoms with Crippen LogP contribution in [0.4, 0.5) is 0 Å². The fourth-order valence-corrected chi connectivity index (χ4v) is 8.12. The van der Waals surface area contributed by atoms with E-state index in [0.717, 1.165) is 33.5 Å². The highest BCUT2D eigenvalue weighted by molar-refractivity contribution is 7.26. The lowest BCUT2D eigenvalue weighted by atomic mass is 9.88. The summed E-state index contributed by atoms with van der Waals surface area (Å²) in [6.45, 7) is 7.04. The van der Waals surface area contributed by atoms with Crippen molar-refractivity contribution < 1.29 is 4.11 Å². The Bertz CT molecular complexity index is 2490. The predicted molar refractivity (Wildman–Crippen MR) is 203 cm³/mol. The van der Waals surface area contributed by atoms with E-state index in [-0.39, 0.29) is 11.8 Å². The molecule has 0 radical (unpaired) electrons. The molecule has 0 N–H and O–H groups in total. The molecule has 8 rings (SSSR count). The molecule has 2 aromatic heterocycles. The number of para-hydroxylation sites is 2. The second-order valence-electron chi connectivity index (χ2n) is 13.0. The Balaban J connectivity index is 1.36. The number of thiophene rings is 1. The molecule has 2 heterocycles. The van der Waals surface area contributed by atoms with Crippen LogP contribution in [-0.4, -0.2) is 9.55 Å². The molecule has 0 atom stereocenters. The van der Waals surface area contributed by atoms with Gasteiger partial charge < -0.3 is 0 Å². The monoisotopic (exact) mass is 629 g/mol. The summed E-state index contributed by atoms with van der Waals surface area (Å²) in [7, 11) is 0. The van der Waals surface area contributed by atoms with Crippen LogP contribution in [-0.2, 0) is 0 Å². The third-order valence-corrected chi connectivity index (χ3v) is 10.5. The maximum atomic E-state index is 7.75. The molecule has 6 aromatic carbocycles. The summed E-state index contributed by atoms with van der Waals surface area (Å²) in [6.07, 6.45) is 0. The molecule has 2 nitrogen and oxygen atoms in total. The first kappa shape index (κ1) is 26.1. The predicted octanol–water partition coefficient (Wildman–Crippen LogP) is 12.9. The Morgan fingerprint density at radius 3 is 2.02 bits per heavy atom. The minimum absolute atomic E-state index is 0.285. The largest absolute Gasteiger partial charge is 0.292 e. The molecule has 0 aliphatic carbocycles. The van der Waals surface area contributed by atoms with E-state index in [0.29, 0.717) is 5.56 Å². The number of fused-ring (bicyclic) bond motifs is 4. The van der Waals surface area contributed by atoms with Crippen LogP contribution in [0.1, 0.15) is 60.3 Å². The number of hydrogen-bond acceptors (Lipinski definition) is 2. The smallest absolute Gasteiger partial charge is 0.147 e. The molecular formula is C44H38N2S. The third-order valence-electron chi connectivity index (χ3n) is 9.26. The van der Waals surface area contributed by atoms with Crippen LogP contribution in [0.3, 0.4) is 0 Å². The van der Waals surface area contributed by atoms with Crippen LogP contribution in [0, 0.1) is 6.85 Å². The zero-order chi connectivity index (χ0) is 34.7. The number of benzene rings is 6. The Hall–Kier alpha value is -4.99. The molecule has 0 unspecified atom stereocenters. The third kappa shape index (κ3) is 5.06. The van der Waals surface area contributed by atoms with Crippen LogP contribution in [0.15, 0.2) is 127 Å². The Labute approximate surface area is 285 Å². The summed E-state index contributed by atoms with van der Waals surface area (Å²) in [5.41, 5.74) is 11.9. The summed E-state index contributed by atoms with van der Waals surface area (Å²) in [4.78, 5) is 5.38. The van der Waals surface area contributed by atoms with Gasteiger partial charge in [-0.25, -0.2) is 4.98 Å². The van der Waals surface area contributed by atoms with Gasteiger partial charge in [0, 0.05) is 29.8 Å². The summed E-state index contributed by atoms with van der Waals surface area (Å²) in [5.74, 6) is 1.51. The number of hydrogen-bond donors (Lipinski definition) is 0. The average molecular weight is 630 g/mol. The standard InChI is InChI=1S/C44H38N2S/c1-27(2)37-24-33(30-12-7-6-8-13-30)25-38(28(3)4)42(37)46-40-17-10-9-16-39(40)45-44(46)36-15-11-14-35-34-23-22-32(26-41(34)47-43(35)36)31-20-18-29(5)19-21-31/h6-28H,1-5H3/i5D3. The van der Waals surface area contributed by atoms with Crippen LogP contribution in [0.5, 0.6) is 0 Å². The van der Waals surface area contributed by atoms with Gasteiger partial charge >= 0.3 is 0 Å². The van der Waals surface area contributed by atoms with E-state index in [1.807, 2.05) is 12.1 Å². The quantitative estimate of drug-likeness (QED) is 0.179. The van der Waals surface area contributed by atoms with Gasteiger partial charge in [-0.2, -0.15) is 0 Å².